The second kappa shape index (κ2) is 12.9. The molecule has 1 fully saturated rings. The third-order valence-corrected chi connectivity index (χ3v) is 11.0. The second-order valence-corrected chi connectivity index (χ2v) is 15.3. The Morgan fingerprint density at radius 1 is 0.976 bits per heavy atom. The topological polar surface area (TPSA) is 72.9 Å². The van der Waals surface area contributed by atoms with Crippen molar-refractivity contribution in [3.05, 3.63) is 88.4 Å². The van der Waals surface area contributed by atoms with Gasteiger partial charge in [-0.05, 0) is 88.2 Å². The maximum absolute atomic E-state index is 14.6. The molecule has 4 rings (SSSR count). The van der Waals surface area contributed by atoms with Gasteiger partial charge in [0.1, 0.15) is 11.4 Å². The van der Waals surface area contributed by atoms with Crippen LogP contribution in [0.25, 0.3) is 0 Å². The predicted octanol–water partition coefficient (Wildman–Crippen LogP) is 7.80. The summed E-state index contributed by atoms with van der Waals surface area (Å²) in [5, 5.41) is -0.396. The van der Waals surface area contributed by atoms with Gasteiger partial charge in [0.15, 0.2) is 0 Å². The van der Waals surface area contributed by atoms with E-state index in [4.69, 9.17) is 9.47 Å². The number of methoxy groups -OCH3 is 1. The van der Waals surface area contributed by atoms with E-state index in [0.717, 1.165) is 32.7 Å². The number of aryl methyl sites for hydroxylation is 1. The van der Waals surface area contributed by atoms with E-state index in [9.17, 15) is 13.2 Å². The number of carbonyl (C=O) groups excluding carboxylic acids is 1. The Hall–Kier alpha value is -2.33. The summed E-state index contributed by atoms with van der Waals surface area (Å²) in [5.41, 5.74) is 0.985. The zero-order valence-electron chi connectivity index (χ0n) is 24.3. The molecule has 1 aliphatic rings. The molecule has 0 aromatic heterocycles. The molecule has 1 heterocycles. The number of sulfonamides is 1. The fraction of sp³-hybridized carbons (Fsp3) is 0.406. The first-order valence-electron chi connectivity index (χ1n) is 13.7. The van der Waals surface area contributed by atoms with Gasteiger partial charge in [0.05, 0.1) is 24.0 Å². The molecular weight excluding hydrogens is 622 g/mol. The maximum Gasteiger partial charge on any atom is 0.312 e. The zero-order valence-corrected chi connectivity index (χ0v) is 27.6. The molecule has 0 bridgehead atoms. The van der Waals surface area contributed by atoms with Gasteiger partial charge in [0, 0.05) is 20.7 Å². The molecule has 4 atom stereocenters. The summed E-state index contributed by atoms with van der Waals surface area (Å²) in [6, 6.07) is 20.9. The summed E-state index contributed by atoms with van der Waals surface area (Å²) in [7, 11) is -2.38. The Bertz CT molecular complexity index is 1440. The van der Waals surface area contributed by atoms with Crippen LogP contribution >= 0.6 is 27.7 Å². The summed E-state index contributed by atoms with van der Waals surface area (Å²) in [4.78, 5) is 15.3. The van der Waals surface area contributed by atoms with Gasteiger partial charge < -0.3 is 9.47 Å². The van der Waals surface area contributed by atoms with Crippen LogP contribution < -0.4 is 4.74 Å². The average molecular weight is 661 g/mol. The molecule has 0 N–H and O–H groups in total. The van der Waals surface area contributed by atoms with Gasteiger partial charge in [-0.15, -0.1) is 11.8 Å². The molecule has 6 nitrogen and oxygen atoms in total. The Morgan fingerprint density at radius 3 is 2.12 bits per heavy atom. The fourth-order valence-corrected chi connectivity index (χ4v) is 8.93. The lowest BCUT2D eigenvalue weighted by Gasteiger charge is -2.31. The molecule has 3 aromatic rings. The SMILES string of the molecule is CCC[C@@H]1[C@@H](Sc2ccc(OC)cc2)[C@@H](C(=O)OC(C)(C)C)[C@H](c2ccc(Br)cc2)N1S(=O)(=O)c1ccc(C)cc1. The van der Waals surface area contributed by atoms with Crippen molar-refractivity contribution in [2.75, 3.05) is 7.11 Å². The number of rotatable bonds is 9. The standard InChI is InChI=1S/C32H38BrNO5S2/c1-7-8-27-30(40-25-17-15-24(38-6)16-18-25)28(31(35)39-32(3,4)5)29(22-11-13-23(33)14-12-22)34(27)41(36,37)26-19-9-21(2)10-20-26/h9-20,27-30H,7-8H2,1-6H3/t27-,28+,29+,30-/m1/s1. The molecular formula is C32H38BrNO5S2. The van der Waals surface area contributed by atoms with Gasteiger partial charge in [-0.25, -0.2) is 8.42 Å². The molecule has 220 valence electrons. The lowest BCUT2D eigenvalue weighted by atomic mass is 9.92. The minimum Gasteiger partial charge on any atom is -0.497 e. The highest BCUT2D eigenvalue weighted by molar-refractivity contribution is 9.10. The lowest BCUT2D eigenvalue weighted by molar-refractivity contribution is -0.160. The van der Waals surface area contributed by atoms with E-state index in [-0.39, 0.29) is 4.90 Å². The van der Waals surface area contributed by atoms with Crippen molar-refractivity contribution in [1.29, 1.82) is 0 Å². The molecule has 0 saturated carbocycles. The summed E-state index contributed by atoms with van der Waals surface area (Å²) in [6.45, 7) is 9.48. The Balaban J connectivity index is 1.94. The van der Waals surface area contributed by atoms with E-state index < -0.39 is 44.8 Å². The lowest BCUT2D eigenvalue weighted by Crippen LogP contribution is -2.40. The fourth-order valence-electron chi connectivity index (χ4n) is 5.29. The normalized spacial score (nSPS) is 21.5. The second-order valence-electron chi connectivity index (χ2n) is 11.3. The summed E-state index contributed by atoms with van der Waals surface area (Å²) >= 11 is 5.03. The van der Waals surface area contributed by atoms with Crippen molar-refractivity contribution < 1.29 is 22.7 Å². The van der Waals surface area contributed by atoms with Gasteiger partial charge in [-0.1, -0.05) is 59.1 Å². The maximum atomic E-state index is 14.6. The van der Waals surface area contributed by atoms with Crippen molar-refractivity contribution in [3.8, 4) is 5.75 Å². The van der Waals surface area contributed by atoms with Crippen LogP contribution in [0.4, 0.5) is 0 Å². The van der Waals surface area contributed by atoms with Crippen molar-refractivity contribution in [1.82, 2.24) is 4.31 Å². The zero-order chi connectivity index (χ0) is 29.9. The van der Waals surface area contributed by atoms with E-state index >= 15 is 0 Å². The Morgan fingerprint density at radius 2 is 1.59 bits per heavy atom. The number of benzene rings is 3. The van der Waals surface area contributed by atoms with E-state index in [1.807, 2.05) is 83.1 Å². The van der Waals surface area contributed by atoms with E-state index in [0.29, 0.717) is 6.42 Å². The first-order chi connectivity index (χ1) is 19.4. The minimum absolute atomic E-state index is 0.212. The van der Waals surface area contributed by atoms with Crippen LogP contribution in [0, 0.1) is 12.8 Å². The van der Waals surface area contributed by atoms with Crippen LogP contribution in [-0.2, 0) is 19.6 Å². The van der Waals surface area contributed by atoms with Gasteiger partial charge in [-0.2, -0.15) is 4.31 Å². The number of ether oxygens (including phenoxy) is 2. The highest BCUT2D eigenvalue weighted by atomic mass is 79.9. The van der Waals surface area contributed by atoms with Gasteiger partial charge in [0.25, 0.3) is 0 Å². The van der Waals surface area contributed by atoms with Crippen molar-refractivity contribution >= 4 is 43.7 Å². The number of esters is 1. The highest BCUT2D eigenvalue weighted by Gasteiger charge is 2.58. The molecule has 9 heteroatoms. The third kappa shape index (κ3) is 7.19. The molecule has 0 aliphatic carbocycles. The molecule has 1 aliphatic heterocycles. The summed E-state index contributed by atoms with van der Waals surface area (Å²) in [6.07, 6.45) is 1.34. The van der Waals surface area contributed by atoms with Crippen LogP contribution in [0.5, 0.6) is 5.75 Å². The number of hydrogen-bond donors (Lipinski definition) is 0. The summed E-state index contributed by atoms with van der Waals surface area (Å²) in [5.74, 6) is -0.427. The molecule has 1 saturated heterocycles. The number of carbonyl (C=O) groups is 1. The van der Waals surface area contributed by atoms with E-state index in [2.05, 4.69) is 15.9 Å². The van der Waals surface area contributed by atoms with Crippen LogP contribution in [-0.4, -0.2) is 42.7 Å². The van der Waals surface area contributed by atoms with E-state index in [1.165, 1.54) is 11.8 Å². The van der Waals surface area contributed by atoms with Crippen molar-refractivity contribution in [2.45, 2.75) is 80.2 Å². The molecule has 0 amide bonds. The monoisotopic (exact) mass is 659 g/mol. The van der Waals surface area contributed by atoms with Gasteiger partial charge in [0.2, 0.25) is 10.0 Å². The van der Waals surface area contributed by atoms with Crippen LogP contribution in [0.2, 0.25) is 0 Å². The smallest absolute Gasteiger partial charge is 0.312 e. The number of nitrogens with zero attached hydrogens (tertiary/aromatic N) is 1. The summed E-state index contributed by atoms with van der Waals surface area (Å²) < 4.78 is 42.9. The largest absolute Gasteiger partial charge is 0.497 e. The van der Waals surface area contributed by atoms with Gasteiger partial charge >= 0.3 is 5.97 Å². The predicted molar refractivity (Wildman–Crippen MR) is 168 cm³/mol. The van der Waals surface area contributed by atoms with Crippen molar-refractivity contribution in [3.63, 3.8) is 0 Å². The minimum atomic E-state index is -4.00. The molecule has 0 radical (unpaired) electrons. The first-order valence-corrected chi connectivity index (χ1v) is 16.9. The van der Waals surface area contributed by atoms with Crippen LogP contribution in [0.15, 0.2) is 87.1 Å². The van der Waals surface area contributed by atoms with Crippen LogP contribution in [0.1, 0.15) is 57.7 Å². The van der Waals surface area contributed by atoms with E-state index in [1.54, 1.807) is 35.7 Å². The quantitative estimate of drug-likeness (QED) is 0.218. The molecule has 41 heavy (non-hydrogen) atoms. The number of hydrogen-bond acceptors (Lipinski definition) is 6. The molecule has 3 aromatic carbocycles. The average Bonchev–Trinajstić information content (AvgIpc) is 3.23. The molecule has 0 spiro atoms. The first kappa shape index (κ1) is 31.6. The Kier molecular flexibility index (Phi) is 9.94. The third-order valence-electron chi connectivity index (χ3n) is 7.08. The van der Waals surface area contributed by atoms with Gasteiger partial charge in [-0.3, -0.25) is 4.79 Å². The van der Waals surface area contributed by atoms with Crippen LogP contribution in [0.3, 0.4) is 0 Å². The van der Waals surface area contributed by atoms with Crippen molar-refractivity contribution in [2.24, 2.45) is 5.92 Å². The Labute approximate surface area is 257 Å². The highest BCUT2D eigenvalue weighted by Crippen LogP contribution is 2.52. The number of thioether (sulfide) groups is 1. The number of halogens is 1. The molecule has 0 unspecified atom stereocenters.